The SMILES string of the molecule is O=C(Cn1nc2n(c(=O)c1=O)CCN2c1ccccc1)NCc1ccccc1Cl. The van der Waals surface area contributed by atoms with Gasteiger partial charge >= 0.3 is 11.1 Å². The molecule has 2 heterocycles. The van der Waals surface area contributed by atoms with E-state index in [0.29, 0.717) is 24.1 Å². The third-order valence-corrected chi connectivity index (χ3v) is 5.07. The molecule has 0 unspecified atom stereocenters. The average molecular weight is 412 g/mol. The zero-order valence-electron chi connectivity index (χ0n) is 15.4. The average Bonchev–Trinajstić information content (AvgIpc) is 3.16. The van der Waals surface area contributed by atoms with E-state index < -0.39 is 17.0 Å². The molecule has 1 aliphatic rings. The van der Waals surface area contributed by atoms with Crippen molar-refractivity contribution in [2.45, 2.75) is 19.6 Å². The highest BCUT2D eigenvalue weighted by atomic mass is 35.5. The number of carbonyl (C=O) groups is 1. The van der Waals surface area contributed by atoms with Crippen molar-refractivity contribution in [3.8, 4) is 0 Å². The minimum absolute atomic E-state index is 0.216. The van der Waals surface area contributed by atoms with Gasteiger partial charge in [0.2, 0.25) is 11.9 Å². The van der Waals surface area contributed by atoms with Crippen molar-refractivity contribution in [1.82, 2.24) is 19.7 Å². The second-order valence-electron chi connectivity index (χ2n) is 6.57. The lowest BCUT2D eigenvalue weighted by Gasteiger charge is -2.17. The van der Waals surface area contributed by atoms with Gasteiger partial charge in [-0.3, -0.25) is 19.0 Å². The number of fused-ring (bicyclic) bond motifs is 1. The molecule has 0 saturated carbocycles. The third-order valence-electron chi connectivity index (χ3n) is 4.70. The van der Waals surface area contributed by atoms with Crippen molar-refractivity contribution < 1.29 is 4.79 Å². The van der Waals surface area contributed by atoms with Gasteiger partial charge in [-0.05, 0) is 23.8 Å². The Kier molecular flexibility index (Phi) is 5.18. The second kappa shape index (κ2) is 7.92. The van der Waals surface area contributed by atoms with Crippen molar-refractivity contribution in [2.75, 3.05) is 11.4 Å². The highest BCUT2D eigenvalue weighted by molar-refractivity contribution is 6.31. The fourth-order valence-corrected chi connectivity index (χ4v) is 3.41. The predicted octanol–water partition coefficient (Wildman–Crippen LogP) is 1.53. The largest absolute Gasteiger partial charge is 0.350 e. The van der Waals surface area contributed by atoms with Gasteiger partial charge in [0.05, 0.1) is 0 Å². The molecule has 3 aromatic rings. The molecule has 0 aliphatic carbocycles. The van der Waals surface area contributed by atoms with Crippen molar-refractivity contribution in [2.24, 2.45) is 0 Å². The van der Waals surface area contributed by atoms with Gasteiger partial charge in [0.25, 0.3) is 0 Å². The van der Waals surface area contributed by atoms with Crippen LogP contribution >= 0.6 is 11.6 Å². The van der Waals surface area contributed by atoms with Crippen LogP contribution in [0.2, 0.25) is 5.02 Å². The summed E-state index contributed by atoms with van der Waals surface area (Å²) < 4.78 is 2.25. The van der Waals surface area contributed by atoms with Crippen LogP contribution in [0.15, 0.2) is 64.2 Å². The van der Waals surface area contributed by atoms with Gasteiger partial charge in [0, 0.05) is 30.3 Å². The Bertz CT molecular complexity index is 1170. The lowest BCUT2D eigenvalue weighted by Crippen LogP contribution is -2.44. The summed E-state index contributed by atoms with van der Waals surface area (Å²) in [5.74, 6) is -0.0900. The molecule has 9 heteroatoms. The highest BCUT2D eigenvalue weighted by Crippen LogP contribution is 2.25. The third kappa shape index (κ3) is 3.79. The van der Waals surface area contributed by atoms with Crippen LogP contribution in [0.25, 0.3) is 0 Å². The fraction of sp³-hybridized carbons (Fsp3) is 0.200. The van der Waals surface area contributed by atoms with E-state index in [-0.39, 0.29) is 13.1 Å². The molecule has 0 fully saturated rings. The Morgan fingerprint density at radius 3 is 2.48 bits per heavy atom. The number of amides is 1. The lowest BCUT2D eigenvalue weighted by molar-refractivity contribution is -0.122. The summed E-state index contributed by atoms with van der Waals surface area (Å²) in [4.78, 5) is 39.0. The van der Waals surface area contributed by atoms with Crippen LogP contribution in [0.1, 0.15) is 5.56 Å². The van der Waals surface area contributed by atoms with E-state index in [1.54, 1.807) is 18.2 Å². The van der Waals surface area contributed by atoms with E-state index in [4.69, 9.17) is 11.6 Å². The van der Waals surface area contributed by atoms with Crippen LogP contribution in [-0.4, -0.2) is 26.8 Å². The number of hydrogen-bond donors (Lipinski definition) is 1. The molecule has 0 radical (unpaired) electrons. The molecule has 0 saturated heterocycles. The normalized spacial score (nSPS) is 12.7. The van der Waals surface area contributed by atoms with Crippen molar-refractivity contribution in [3.05, 3.63) is 85.9 Å². The van der Waals surface area contributed by atoms with Crippen LogP contribution in [0, 0.1) is 0 Å². The molecule has 1 N–H and O–H groups in total. The molecular formula is C20H18ClN5O3. The molecule has 1 aromatic heterocycles. The summed E-state index contributed by atoms with van der Waals surface area (Å²) in [6.07, 6.45) is 0. The number of nitrogens with zero attached hydrogens (tertiary/aromatic N) is 4. The topological polar surface area (TPSA) is 89.2 Å². The molecule has 1 amide bonds. The predicted molar refractivity (Wildman–Crippen MR) is 110 cm³/mol. The smallest absolute Gasteiger partial charge is 0.333 e. The first-order chi connectivity index (χ1) is 14.0. The first-order valence-corrected chi connectivity index (χ1v) is 9.47. The Morgan fingerprint density at radius 2 is 1.72 bits per heavy atom. The van der Waals surface area contributed by atoms with Gasteiger partial charge < -0.3 is 10.2 Å². The molecule has 8 nitrogen and oxygen atoms in total. The number of para-hydroxylation sites is 1. The Morgan fingerprint density at radius 1 is 1.00 bits per heavy atom. The van der Waals surface area contributed by atoms with Gasteiger partial charge in [-0.1, -0.05) is 48.0 Å². The number of benzene rings is 2. The molecule has 2 aromatic carbocycles. The Hall–Kier alpha value is -3.39. The minimum atomic E-state index is -0.823. The summed E-state index contributed by atoms with van der Waals surface area (Å²) in [7, 11) is 0. The molecule has 148 valence electrons. The van der Waals surface area contributed by atoms with Gasteiger partial charge in [-0.2, -0.15) is 0 Å². The van der Waals surface area contributed by atoms with E-state index in [0.717, 1.165) is 15.9 Å². The quantitative estimate of drug-likeness (QED) is 0.643. The van der Waals surface area contributed by atoms with E-state index in [2.05, 4.69) is 10.4 Å². The van der Waals surface area contributed by atoms with Gasteiger partial charge in [0.1, 0.15) is 6.54 Å². The van der Waals surface area contributed by atoms with Crippen LogP contribution < -0.4 is 21.3 Å². The van der Waals surface area contributed by atoms with Gasteiger partial charge in [-0.15, -0.1) is 5.10 Å². The Labute approximate surface area is 171 Å². The number of aromatic nitrogens is 3. The standard InChI is InChI=1S/C20H18ClN5O3/c21-16-9-5-4-6-14(16)12-22-17(27)13-26-19(29)18(28)25-11-10-24(20(25)23-26)15-7-2-1-3-8-15/h1-9H,10-13H2,(H,22,27). The van der Waals surface area contributed by atoms with E-state index in [1.807, 2.05) is 41.3 Å². The van der Waals surface area contributed by atoms with Crippen molar-refractivity contribution in [3.63, 3.8) is 0 Å². The van der Waals surface area contributed by atoms with Gasteiger partial charge in [-0.25, -0.2) is 4.68 Å². The maximum Gasteiger partial charge on any atom is 0.333 e. The van der Waals surface area contributed by atoms with Crippen LogP contribution in [-0.2, 0) is 24.4 Å². The zero-order chi connectivity index (χ0) is 20.4. The number of nitrogens with one attached hydrogen (secondary N) is 1. The second-order valence-corrected chi connectivity index (χ2v) is 6.98. The summed E-state index contributed by atoms with van der Waals surface area (Å²) >= 11 is 6.08. The summed E-state index contributed by atoms with van der Waals surface area (Å²) in [6, 6.07) is 16.6. The number of halogens is 1. The van der Waals surface area contributed by atoms with E-state index in [1.165, 1.54) is 4.57 Å². The van der Waals surface area contributed by atoms with Crippen LogP contribution in [0.4, 0.5) is 11.6 Å². The van der Waals surface area contributed by atoms with Crippen molar-refractivity contribution in [1.29, 1.82) is 0 Å². The molecular weight excluding hydrogens is 394 g/mol. The number of rotatable bonds is 5. The summed E-state index contributed by atoms with van der Waals surface area (Å²) in [5, 5.41) is 7.53. The lowest BCUT2D eigenvalue weighted by atomic mass is 10.2. The summed E-state index contributed by atoms with van der Waals surface area (Å²) in [6.45, 7) is 0.752. The molecule has 0 bridgehead atoms. The molecule has 4 rings (SSSR count). The van der Waals surface area contributed by atoms with Gasteiger partial charge in [0.15, 0.2) is 0 Å². The maximum atomic E-state index is 12.5. The monoisotopic (exact) mass is 411 g/mol. The van der Waals surface area contributed by atoms with E-state index in [9.17, 15) is 14.4 Å². The first-order valence-electron chi connectivity index (χ1n) is 9.09. The van der Waals surface area contributed by atoms with Crippen molar-refractivity contribution >= 4 is 29.1 Å². The Balaban J connectivity index is 1.56. The molecule has 0 spiro atoms. The molecule has 0 atom stereocenters. The summed E-state index contributed by atoms with van der Waals surface area (Å²) in [5.41, 5.74) is 0.106. The van der Waals surface area contributed by atoms with E-state index >= 15 is 0 Å². The number of anilines is 2. The molecule has 29 heavy (non-hydrogen) atoms. The number of hydrogen-bond acceptors (Lipinski definition) is 5. The minimum Gasteiger partial charge on any atom is -0.350 e. The van der Waals surface area contributed by atoms with Crippen LogP contribution in [0.5, 0.6) is 0 Å². The maximum absolute atomic E-state index is 12.5. The highest BCUT2D eigenvalue weighted by Gasteiger charge is 2.26. The first kappa shape index (κ1) is 18.9. The zero-order valence-corrected chi connectivity index (χ0v) is 16.2. The molecule has 1 aliphatic heterocycles. The van der Waals surface area contributed by atoms with Crippen LogP contribution in [0.3, 0.4) is 0 Å². The number of carbonyl (C=O) groups excluding carboxylic acids is 1. The fourth-order valence-electron chi connectivity index (χ4n) is 3.21.